The molecule has 1 fully saturated rings. The molecule has 44 heavy (non-hydrogen) atoms. The van der Waals surface area contributed by atoms with Crippen LogP contribution < -0.4 is 34.3 Å². The molecule has 0 aliphatic carbocycles. The maximum atomic E-state index is 13.5. The number of hydrogen-bond donors (Lipinski definition) is 2. The maximum absolute atomic E-state index is 13.5. The van der Waals surface area contributed by atoms with E-state index in [1.165, 1.54) is 7.11 Å². The van der Waals surface area contributed by atoms with Crippen LogP contribution in [-0.4, -0.2) is 74.8 Å². The highest BCUT2D eigenvalue weighted by atomic mass is 16.6. The molecule has 11 heteroatoms. The number of rotatable bonds is 2. The zero-order valence-corrected chi connectivity index (χ0v) is 24.5. The summed E-state index contributed by atoms with van der Waals surface area (Å²) in [7, 11) is 1.53. The first kappa shape index (κ1) is 29.2. The third-order valence-corrected chi connectivity index (χ3v) is 7.90. The number of nitrogens with one attached hydrogen (secondary N) is 2. The molecule has 0 aromatic heterocycles. The molecule has 0 radical (unpaired) electrons. The van der Waals surface area contributed by atoms with E-state index < -0.39 is 12.1 Å². The third-order valence-electron chi connectivity index (χ3n) is 7.90. The van der Waals surface area contributed by atoms with Crippen LogP contribution in [0, 0.1) is 0 Å². The molecule has 2 atom stereocenters. The van der Waals surface area contributed by atoms with E-state index in [1.807, 2.05) is 36.4 Å². The van der Waals surface area contributed by atoms with E-state index in [4.69, 9.17) is 23.7 Å². The number of hydrogen-bond acceptors (Lipinski definition) is 8. The fourth-order valence-corrected chi connectivity index (χ4v) is 5.54. The van der Waals surface area contributed by atoms with Crippen molar-refractivity contribution in [2.75, 3.05) is 40.0 Å². The predicted octanol–water partition coefficient (Wildman–Crippen LogP) is 2.89. The standard InChI is InChI=1S/C33H35N3O8/c1-40-29-16-21-4-9-27(29)43-20-32(38)35-25-19-36(33(39)23-6-10-28-30(17-23)42-15-14-41-28)13-12-26(25)44-24-7-2-22(3-8-24)18-34-31(37)11-5-21/h2-4,6-10,16-17,25-26H,5,11-15,18-20H2,1H3,(H,34,37)(H,35,38)/t25-,26-/m1/s1. The topological polar surface area (TPSA) is 125 Å². The lowest BCUT2D eigenvalue weighted by Crippen LogP contribution is -2.58. The highest BCUT2D eigenvalue weighted by molar-refractivity contribution is 5.95. The van der Waals surface area contributed by atoms with E-state index in [1.54, 1.807) is 29.2 Å². The Balaban J connectivity index is 1.22. The lowest BCUT2D eigenvalue weighted by Gasteiger charge is -2.39. The number of carbonyl (C=O) groups excluding carboxylic acids is 3. The maximum Gasteiger partial charge on any atom is 0.258 e. The smallest absolute Gasteiger partial charge is 0.258 e. The first-order valence-corrected chi connectivity index (χ1v) is 14.8. The summed E-state index contributed by atoms with van der Waals surface area (Å²) in [5, 5.41) is 6.00. The number of ether oxygens (including phenoxy) is 5. The normalized spacial score (nSPS) is 20.3. The molecule has 4 bridgehead atoms. The van der Waals surface area contributed by atoms with Gasteiger partial charge in [-0.3, -0.25) is 14.4 Å². The van der Waals surface area contributed by atoms with E-state index >= 15 is 0 Å². The fourth-order valence-electron chi connectivity index (χ4n) is 5.54. The molecule has 230 valence electrons. The highest BCUT2D eigenvalue weighted by Crippen LogP contribution is 2.32. The first-order valence-electron chi connectivity index (χ1n) is 14.8. The first-order chi connectivity index (χ1) is 21.4. The van der Waals surface area contributed by atoms with Gasteiger partial charge in [0.25, 0.3) is 11.8 Å². The molecule has 11 nitrogen and oxygen atoms in total. The number of piperidine rings is 1. The minimum Gasteiger partial charge on any atom is -0.493 e. The number of aryl methyl sites for hydroxylation is 1. The van der Waals surface area contributed by atoms with Gasteiger partial charge in [-0.25, -0.2) is 0 Å². The zero-order valence-electron chi connectivity index (χ0n) is 24.5. The van der Waals surface area contributed by atoms with Crippen molar-refractivity contribution < 1.29 is 38.1 Å². The Morgan fingerprint density at radius 1 is 0.864 bits per heavy atom. The van der Waals surface area contributed by atoms with Crippen molar-refractivity contribution in [2.45, 2.75) is 38.0 Å². The molecular formula is C33H35N3O8. The van der Waals surface area contributed by atoms with Crippen LogP contribution in [0.5, 0.6) is 28.7 Å². The summed E-state index contributed by atoms with van der Waals surface area (Å²) < 4.78 is 28.9. The Labute approximate surface area is 255 Å². The number of methoxy groups -OCH3 is 1. The van der Waals surface area contributed by atoms with E-state index in [-0.39, 0.29) is 30.9 Å². The number of fused-ring (bicyclic) bond motifs is 1. The van der Waals surface area contributed by atoms with Gasteiger partial charge in [0.15, 0.2) is 29.6 Å². The van der Waals surface area contributed by atoms with E-state index in [0.29, 0.717) is 79.9 Å². The number of benzene rings is 3. The second-order valence-electron chi connectivity index (χ2n) is 10.9. The Kier molecular flexibility index (Phi) is 8.71. The summed E-state index contributed by atoms with van der Waals surface area (Å²) in [6.45, 7) is 1.71. The average molecular weight is 602 g/mol. The molecule has 6 heterocycles. The average Bonchev–Trinajstić information content (AvgIpc) is 3.06. The Morgan fingerprint density at radius 2 is 1.64 bits per heavy atom. The quantitative estimate of drug-likeness (QED) is 0.460. The van der Waals surface area contributed by atoms with Crippen LogP contribution in [0.3, 0.4) is 0 Å². The summed E-state index contributed by atoms with van der Waals surface area (Å²) >= 11 is 0. The van der Waals surface area contributed by atoms with Gasteiger partial charge in [0.05, 0.1) is 13.2 Å². The monoisotopic (exact) mass is 601 g/mol. The van der Waals surface area contributed by atoms with Gasteiger partial charge >= 0.3 is 0 Å². The summed E-state index contributed by atoms with van der Waals surface area (Å²) in [5.74, 6) is 2.08. The molecule has 3 aromatic rings. The third kappa shape index (κ3) is 6.82. The molecule has 3 aromatic carbocycles. The zero-order chi connectivity index (χ0) is 30.5. The van der Waals surface area contributed by atoms with Crippen molar-refractivity contribution in [3.8, 4) is 28.7 Å². The van der Waals surface area contributed by atoms with Crippen LogP contribution in [0.4, 0.5) is 0 Å². The molecule has 0 saturated carbocycles. The second kappa shape index (κ2) is 13.2. The molecule has 0 spiro atoms. The SMILES string of the molecule is COc1cc2ccc1OCC(=O)N[C@@H]1CN(C(=O)c3ccc4c(c3)OCCO4)CC[C@H]1Oc1ccc(cc1)CNC(=O)CC2. The van der Waals surface area contributed by atoms with Crippen LogP contribution in [0.25, 0.3) is 0 Å². The summed E-state index contributed by atoms with van der Waals surface area (Å²) in [4.78, 5) is 40.9. The van der Waals surface area contributed by atoms with Gasteiger partial charge in [0, 0.05) is 38.0 Å². The van der Waals surface area contributed by atoms with Crippen molar-refractivity contribution in [3.05, 3.63) is 77.4 Å². The van der Waals surface area contributed by atoms with Gasteiger partial charge in [-0.05, 0) is 60.0 Å². The van der Waals surface area contributed by atoms with Crippen molar-refractivity contribution in [1.29, 1.82) is 0 Å². The molecule has 1 saturated heterocycles. The number of amides is 3. The Hall–Kier alpha value is -4.93. The lowest BCUT2D eigenvalue weighted by atomic mass is 10.00. The van der Waals surface area contributed by atoms with E-state index in [0.717, 1.165) is 11.1 Å². The Bertz CT molecular complexity index is 1530. The van der Waals surface area contributed by atoms with Crippen LogP contribution in [0.2, 0.25) is 0 Å². The van der Waals surface area contributed by atoms with Gasteiger partial charge in [0.2, 0.25) is 5.91 Å². The van der Waals surface area contributed by atoms with Gasteiger partial charge in [-0.2, -0.15) is 0 Å². The van der Waals surface area contributed by atoms with Crippen molar-refractivity contribution in [2.24, 2.45) is 0 Å². The van der Waals surface area contributed by atoms with Gasteiger partial charge in [-0.1, -0.05) is 18.2 Å². The molecular weight excluding hydrogens is 566 g/mol. The highest BCUT2D eigenvalue weighted by Gasteiger charge is 2.35. The van der Waals surface area contributed by atoms with E-state index in [2.05, 4.69) is 10.6 Å². The van der Waals surface area contributed by atoms with Crippen molar-refractivity contribution in [1.82, 2.24) is 15.5 Å². The van der Waals surface area contributed by atoms with Gasteiger partial charge in [-0.15, -0.1) is 0 Å². The predicted molar refractivity (Wildman–Crippen MR) is 159 cm³/mol. The molecule has 6 aliphatic heterocycles. The second-order valence-corrected chi connectivity index (χ2v) is 10.9. The Morgan fingerprint density at radius 3 is 2.45 bits per heavy atom. The minimum absolute atomic E-state index is 0.0592. The largest absolute Gasteiger partial charge is 0.493 e. The van der Waals surface area contributed by atoms with E-state index in [9.17, 15) is 14.4 Å². The van der Waals surface area contributed by atoms with Crippen molar-refractivity contribution >= 4 is 17.7 Å². The summed E-state index contributed by atoms with van der Waals surface area (Å²) in [6, 6.07) is 17.6. The van der Waals surface area contributed by atoms with Crippen LogP contribution >= 0.6 is 0 Å². The molecule has 3 amide bonds. The van der Waals surface area contributed by atoms with Crippen LogP contribution in [0.1, 0.15) is 34.3 Å². The minimum atomic E-state index is -0.505. The molecule has 9 rings (SSSR count). The number of carbonyl (C=O) groups is 3. The van der Waals surface area contributed by atoms with Gasteiger partial charge < -0.3 is 39.2 Å². The van der Waals surface area contributed by atoms with Crippen LogP contribution in [0.15, 0.2) is 60.7 Å². The summed E-state index contributed by atoms with van der Waals surface area (Å²) in [5.41, 5.74) is 2.33. The number of nitrogens with zero attached hydrogens (tertiary/aromatic N) is 1. The molecule has 6 aliphatic rings. The molecule has 0 unspecified atom stereocenters. The molecule has 2 N–H and O–H groups in total. The fraction of sp³-hybridized carbons (Fsp3) is 0.364. The lowest BCUT2D eigenvalue weighted by molar-refractivity contribution is -0.125. The van der Waals surface area contributed by atoms with Gasteiger partial charge in [0.1, 0.15) is 25.1 Å². The van der Waals surface area contributed by atoms with Crippen molar-refractivity contribution in [3.63, 3.8) is 0 Å². The summed E-state index contributed by atoms with van der Waals surface area (Å²) in [6.07, 6.45) is 0.952. The van der Waals surface area contributed by atoms with Crippen LogP contribution in [-0.2, 0) is 22.6 Å². The number of likely N-dealkylation sites (tertiary alicyclic amines) is 1.